The summed E-state index contributed by atoms with van der Waals surface area (Å²) in [6.45, 7) is 11.7. The highest BCUT2D eigenvalue weighted by Gasteiger charge is 2.33. The number of benzene rings is 3. The predicted octanol–water partition coefficient (Wildman–Crippen LogP) is 2.29. The number of nitrogens with one attached hydrogen (secondary N) is 5. The van der Waals surface area contributed by atoms with Crippen LogP contribution in [0.2, 0.25) is 0 Å². The van der Waals surface area contributed by atoms with Crippen LogP contribution >= 0.6 is 0 Å². The Labute approximate surface area is 389 Å². The number of rotatable bonds is 17. The van der Waals surface area contributed by atoms with Crippen LogP contribution in [0.25, 0.3) is 11.1 Å². The zero-order valence-corrected chi connectivity index (χ0v) is 39.5. The molecular formula is C48H70N10O8. The highest BCUT2D eigenvalue weighted by Crippen LogP contribution is 2.40. The number of carbonyl (C=O) groups excluding carboxylic acids is 6. The zero-order valence-electron chi connectivity index (χ0n) is 39.5. The quantitative estimate of drug-likeness (QED) is 0.0906. The number of likely N-dealkylation sites (N-methyl/N-ethyl adjacent to an activating group) is 1. The van der Waals surface area contributed by atoms with Crippen LogP contribution in [0.3, 0.4) is 0 Å². The Kier molecular flexibility index (Phi) is 25.1. The largest absolute Gasteiger partial charge is 0.492 e. The highest BCUT2D eigenvalue weighted by molar-refractivity contribution is 5.99. The summed E-state index contributed by atoms with van der Waals surface area (Å²) in [5, 5.41) is 22.0. The average Bonchev–Trinajstić information content (AvgIpc) is 3.29. The lowest BCUT2D eigenvalue weighted by molar-refractivity contribution is -0.140. The second kappa shape index (κ2) is 29.8. The molecule has 0 aliphatic carbocycles. The van der Waals surface area contributed by atoms with E-state index < -0.39 is 66.7 Å². The second-order valence-corrected chi connectivity index (χ2v) is 15.5. The van der Waals surface area contributed by atoms with Gasteiger partial charge in [0.05, 0.1) is 19.2 Å². The van der Waals surface area contributed by atoms with Crippen LogP contribution in [0.15, 0.2) is 54.6 Å². The summed E-state index contributed by atoms with van der Waals surface area (Å²) in [6.07, 6.45) is 4.25. The van der Waals surface area contributed by atoms with Crippen molar-refractivity contribution in [1.82, 2.24) is 31.5 Å². The molecule has 0 fully saturated rings. The standard InChI is InChI=1S/C43H55N9O8.C3H8.C2H7N/c1-5-6-7-28-8-11-31(26(2)20-28)41(56)49-24-37(53)48-25-38(54)52(4)39-30-10-13-36(60-19-16-46)33(23-30)32-21-29(9-12-35(32)59-18-15-45)22-34(42(57)47-17-14-44)51-40(55)27(3)50-43(39)58;1-3-2;1-2-3/h8-13,20-21,23,27,34,39H,5-7,15-19,22,24-25,45-46H2,1-4H3,(H,47,57)(H,48,53)(H,49,56)(H,50,58)(H,51,55);3H2,1-2H3;2-3H2,1H3/t27-,34?,39?;;/m0../s1. The lowest BCUT2D eigenvalue weighted by atomic mass is 9.93. The number of hydrogen-bond acceptors (Lipinski definition) is 12. The molecule has 3 aromatic rings. The fourth-order valence-electron chi connectivity index (χ4n) is 6.61. The van der Waals surface area contributed by atoms with E-state index in [-0.39, 0.29) is 39.3 Å². The summed E-state index contributed by atoms with van der Waals surface area (Å²) in [7, 11) is 1.38. The Morgan fingerprint density at radius 1 is 0.833 bits per heavy atom. The normalized spacial score (nSPS) is 15.3. The third-order valence-corrected chi connectivity index (χ3v) is 9.80. The molecule has 18 nitrogen and oxygen atoms in total. The van der Waals surface area contributed by atoms with Crippen LogP contribution in [0.4, 0.5) is 0 Å². The summed E-state index contributed by atoms with van der Waals surface area (Å²) >= 11 is 0. The van der Waals surface area contributed by atoms with Gasteiger partial charge in [-0.3, -0.25) is 28.8 Å². The molecule has 0 saturated heterocycles. The summed E-state index contributed by atoms with van der Waals surface area (Å²) < 4.78 is 12.1. The van der Waals surface area contributed by atoms with E-state index in [1.54, 1.807) is 42.5 Å². The maximum absolute atomic E-state index is 14.2. The van der Waals surface area contributed by atoms with Crippen LogP contribution in [-0.2, 0) is 36.8 Å². The minimum Gasteiger partial charge on any atom is -0.492 e. The van der Waals surface area contributed by atoms with Crippen molar-refractivity contribution in [3.63, 3.8) is 0 Å². The number of fused-ring (bicyclic) bond motifs is 5. The Balaban J connectivity index is 0.00000236. The molecule has 1 aliphatic rings. The Bertz CT molecular complexity index is 2120. The lowest BCUT2D eigenvalue weighted by Gasteiger charge is -2.30. The number of aryl methyl sites for hydroxylation is 2. The molecule has 3 atom stereocenters. The SMILES string of the molecule is CCC.CCCCc1ccc(C(=O)NCC(=O)NCC(=O)N(C)C2C(=O)N[C@@H](C)C(=O)NC(C(=O)NCC#N)Cc3ccc(OCCN)c(c3)-c3cc2ccc3OCCN)c(C)c1.CCN. The third-order valence-electron chi connectivity index (χ3n) is 9.80. The molecule has 0 radical (unpaired) electrons. The first-order valence-corrected chi connectivity index (χ1v) is 22.4. The lowest BCUT2D eigenvalue weighted by Crippen LogP contribution is -2.55. The van der Waals surface area contributed by atoms with Crippen molar-refractivity contribution in [3.05, 3.63) is 82.4 Å². The number of ether oxygens (including phenoxy) is 2. The molecule has 2 unspecified atom stereocenters. The molecule has 18 heteroatoms. The number of nitriles is 1. The summed E-state index contributed by atoms with van der Waals surface area (Å²) in [4.78, 5) is 81.7. The number of nitrogens with two attached hydrogens (primary N) is 3. The van der Waals surface area contributed by atoms with E-state index >= 15 is 0 Å². The number of unbranched alkanes of at least 4 members (excludes halogenated alkanes) is 1. The molecule has 0 spiro atoms. The first kappa shape index (κ1) is 55.6. The molecule has 3 aromatic carbocycles. The highest BCUT2D eigenvalue weighted by atomic mass is 16.5. The van der Waals surface area contributed by atoms with Gasteiger partial charge in [-0.1, -0.05) is 64.8 Å². The van der Waals surface area contributed by atoms with Crippen LogP contribution in [0, 0.1) is 18.3 Å². The van der Waals surface area contributed by atoms with Gasteiger partial charge in [0.25, 0.3) is 5.91 Å². The van der Waals surface area contributed by atoms with E-state index in [0.29, 0.717) is 39.3 Å². The van der Waals surface area contributed by atoms with Crippen molar-refractivity contribution in [2.24, 2.45) is 17.2 Å². The van der Waals surface area contributed by atoms with Crippen LogP contribution in [-0.4, -0.2) is 112 Å². The Morgan fingerprint density at radius 2 is 1.45 bits per heavy atom. The zero-order chi connectivity index (χ0) is 49.2. The molecule has 1 heterocycles. The van der Waals surface area contributed by atoms with E-state index in [2.05, 4.69) is 47.4 Å². The van der Waals surface area contributed by atoms with Crippen LogP contribution in [0.1, 0.15) is 92.5 Å². The van der Waals surface area contributed by atoms with Gasteiger partial charge in [0.15, 0.2) is 0 Å². The van der Waals surface area contributed by atoms with E-state index in [1.165, 1.54) is 20.4 Å². The van der Waals surface area contributed by atoms with Crippen molar-refractivity contribution in [1.29, 1.82) is 5.26 Å². The first-order chi connectivity index (χ1) is 31.6. The van der Waals surface area contributed by atoms with Gasteiger partial charge in [0.1, 0.15) is 49.4 Å². The number of carbonyl (C=O) groups is 6. The van der Waals surface area contributed by atoms with Crippen LogP contribution in [0.5, 0.6) is 11.5 Å². The minimum atomic E-state index is -1.36. The summed E-state index contributed by atoms with van der Waals surface area (Å²) in [5.41, 5.74) is 20.6. The van der Waals surface area contributed by atoms with Gasteiger partial charge in [-0.2, -0.15) is 5.26 Å². The maximum Gasteiger partial charge on any atom is 0.251 e. The first-order valence-electron chi connectivity index (χ1n) is 22.4. The molecule has 360 valence electrons. The Hall–Kier alpha value is -6.55. The van der Waals surface area contributed by atoms with Gasteiger partial charge in [-0.05, 0) is 85.8 Å². The number of hydrogen-bond donors (Lipinski definition) is 8. The van der Waals surface area contributed by atoms with Crippen molar-refractivity contribution >= 4 is 35.4 Å². The van der Waals surface area contributed by atoms with Gasteiger partial charge in [0.2, 0.25) is 29.5 Å². The molecule has 11 N–H and O–H groups in total. The van der Waals surface area contributed by atoms with Crippen molar-refractivity contribution < 1.29 is 38.2 Å². The van der Waals surface area contributed by atoms with E-state index in [0.717, 1.165) is 41.8 Å². The molecule has 0 saturated carbocycles. The minimum absolute atomic E-state index is 0.00758. The molecule has 66 heavy (non-hydrogen) atoms. The van der Waals surface area contributed by atoms with Crippen molar-refractivity contribution in [3.8, 4) is 28.7 Å². The fourth-order valence-corrected chi connectivity index (χ4v) is 6.61. The van der Waals surface area contributed by atoms with Crippen LogP contribution < -0.4 is 53.3 Å². The van der Waals surface area contributed by atoms with Gasteiger partial charge in [-0.15, -0.1) is 0 Å². The van der Waals surface area contributed by atoms with Gasteiger partial charge < -0.3 is 58.2 Å². The molecule has 1 aliphatic heterocycles. The molecule has 6 amide bonds. The van der Waals surface area contributed by atoms with Crippen molar-refractivity contribution in [2.45, 2.75) is 91.8 Å². The summed E-state index contributed by atoms with van der Waals surface area (Å²) in [6, 6.07) is 13.8. The molecule has 4 rings (SSSR count). The molecular weight excluding hydrogens is 845 g/mol. The molecule has 4 bridgehead atoms. The smallest absolute Gasteiger partial charge is 0.251 e. The monoisotopic (exact) mass is 915 g/mol. The van der Waals surface area contributed by atoms with Gasteiger partial charge in [-0.25, -0.2) is 0 Å². The third kappa shape index (κ3) is 17.4. The van der Waals surface area contributed by atoms with E-state index in [9.17, 15) is 28.8 Å². The van der Waals surface area contributed by atoms with E-state index in [1.807, 2.05) is 32.0 Å². The summed E-state index contributed by atoms with van der Waals surface area (Å²) in [5.74, 6) is -3.03. The van der Waals surface area contributed by atoms with Crippen molar-refractivity contribution in [2.75, 3.05) is 59.5 Å². The average molecular weight is 915 g/mol. The van der Waals surface area contributed by atoms with Gasteiger partial charge in [0, 0.05) is 43.2 Å². The van der Waals surface area contributed by atoms with Gasteiger partial charge >= 0.3 is 0 Å². The second-order valence-electron chi connectivity index (χ2n) is 15.5. The van der Waals surface area contributed by atoms with E-state index in [4.69, 9.17) is 31.9 Å². The number of amides is 6. The number of nitrogens with zero attached hydrogens (tertiary/aromatic N) is 2. The topological polar surface area (TPSA) is 286 Å². The molecule has 0 aromatic heterocycles. The predicted molar refractivity (Wildman–Crippen MR) is 254 cm³/mol. The maximum atomic E-state index is 14.2. The fraction of sp³-hybridized carbons (Fsp3) is 0.479. The Morgan fingerprint density at radius 3 is 2.05 bits per heavy atom.